The number of hydrogen-bond donors (Lipinski definition) is 1. The molecule has 0 atom stereocenters. The minimum Gasteiger partial charge on any atom is -0.493 e. The number of rotatable bonds is 8. The number of methoxy groups -OCH3 is 2. The number of benzene rings is 2. The van der Waals surface area contributed by atoms with Gasteiger partial charge < -0.3 is 14.8 Å². The van der Waals surface area contributed by atoms with Crippen molar-refractivity contribution in [2.45, 2.75) is 30.6 Å². The maximum atomic E-state index is 12.6. The van der Waals surface area contributed by atoms with Crippen LogP contribution in [-0.2, 0) is 21.2 Å². The molecule has 0 saturated carbocycles. The Bertz CT molecular complexity index is 952. The molecule has 1 aliphatic heterocycles. The summed E-state index contributed by atoms with van der Waals surface area (Å²) in [6.07, 6.45) is 2.62. The Morgan fingerprint density at radius 1 is 1.00 bits per heavy atom. The van der Waals surface area contributed by atoms with Crippen molar-refractivity contribution in [3.05, 3.63) is 48.0 Å². The molecule has 0 aliphatic carbocycles. The summed E-state index contributed by atoms with van der Waals surface area (Å²) in [6, 6.07) is 12.0. The van der Waals surface area contributed by atoms with Crippen LogP contribution in [0.5, 0.6) is 11.5 Å². The van der Waals surface area contributed by atoms with E-state index < -0.39 is 10.0 Å². The predicted molar refractivity (Wildman–Crippen MR) is 111 cm³/mol. The third-order valence-electron chi connectivity index (χ3n) is 4.93. The molecular formula is C21H26N2O5S. The molecule has 2 aromatic carbocycles. The van der Waals surface area contributed by atoms with Crippen molar-refractivity contribution >= 4 is 21.6 Å². The Morgan fingerprint density at radius 2 is 1.66 bits per heavy atom. The van der Waals surface area contributed by atoms with E-state index in [0.717, 1.165) is 18.4 Å². The van der Waals surface area contributed by atoms with E-state index in [1.54, 1.807) is 49.6 Å². The van der Waals surface area contributed by atoms with Crippen molar-refractivity contribution in [1.82, 2.24) is 4.31 Å². The van der Waals surface area contributed by atoms with Gasteiger partial charge in [0.1, 0.15) is 0 Å². The lowest BCUT2D eigenvalue weighted by Crippen LogP contribution is -2.27. The molecule has 156 valence electrons. The highest BCUT2D eigenvalue weighted by Crippen LogP contribution is 2.29. The molecule has 1 saturated heterocycles. The average molecular weight is 419 g/mol. The molecule has 1 amide bonds. The molecule has 2 aromatic rings. The molecule has 0 radical (unpaired) electrons. The Morgan fingerprint density at radius 3 is 2.28 bits per heavy atom. The van der Waals surface area contributed by atoms with Gasteiger partial charge in [0, 0.05) is 31.3 Å². The maximum Gasteiger partial charge on any atom is 0.243 e. The van der Waals surface area contributed by atoms with Gasteiger partial charge in [-0.1, -0.05) is 12.1 Å². The summed E-state index contributed by atoms with van der Waals surface area (Å²) in [5.41, 5.74) is 1.53. The number of nitrogens with zero attached hydrogens (tertiary/aromatic N) is 1. The first-order valence-electron chi connectivity index (χ1n) is 9.55. The second-order valence-electron chi connectivity index (χ2n) is 6.87. The summed E-state index contributed by atoms with van der Waals surface area (Å²) in [5.74, 6) is 1.00. The van der Waals surface area contributed by atoms with Crippen LogP contribution in [0.25, 0.3) is 0 Å². The van der Waals surface area contributed by atoms with Gasteiger partial charge >= 0.3 is 0 Å². The standard InChI is InChI=1S/C21H26N2O5S/c1-27-19-11-8-17(15-20(19)28-2)22-21(24)12-7-16-5-9-18(10-6-16)29(25,26)23-13-3-4-14-23/h5-6,8-11,15H,3-4,7,12-14H2,1-2H3,(H,22,24). The highest BCUT2D eigenvalue weighted by molar-refractivity contribution is 7.89. The summed E-state index contributed by atoms with van der Waals surface area (Å²) >= 11 is 0. The summed E-state index contributed by atoms with van der Waals surface area (Å²) in [7, 11) is -0.316. The van der Waals surface area contributed by atoms with Gasteiger partial charge in [-0.25, -0.2) is 8.42 Å². The second-order valence-corrected chi connectivity index (χ2v) is 8.81. The number of nitrogens with one attached hydrogen (secondary N) is 1. The third-order valence-corrected chi connectivity index (χ3v) is 6.85. The number of hydrogen-bond acceptors (Lipinski definition) is 5. The monoisotopic (exact) mass is 418 g/mol. The molecule has 0 unspecified atom stereocenters. The summed E-state index contributed by atoms with van der Waals surface area (Å²) < 4.78 is 37.1. The van der Waals surface area contributed by atoms with Gasteiger partial charge in [0.2, 0.25) is 15.9 Å². The van der Waals surface area contributed by atoms with Crippen LogP contribution in [0, 0.1) is 0 Å². The van der Waals surface area contributed by atoms with E-state index >= 15 is 0 Å². The van der Waals surface area contributed by atoms with E-state index in [4.69, 9.17) is 9.47 Å². The SMILES string of the molecule is COc1ccc(NC(=O)CCc2ccc(S(=O)(=O)N3CCCC3)cc2)cc1OC. The molecule has 7 nitrogen and oxygen atoms in total. The van der Waals surface area contributed by atoms with E-state index in [0.29, 0.717) is 41.6 Å². The molecule has 3 rings (SSSR count). The predicted octanol–water partition coefficient (Wildman–Crippen LogP) is 3.06. The third kappa shape index (κ3) is 5.07. The fraction of sp³-hybridized carbons (Fsp3) is 0.381. The van der Waals surface area contributed by atoms with Crippen LogP contribution in [0.4, 0.5) is 5.69 Å². The maximum absolute atomic E-state index is 12.6. The number of carbonyl (C=O) groups excluding carboxylic acids is 1. The van der Waals surface area contributed by atoms with Crippen molar-refractivity contribution in [3.8, 4) is 11.5 Å². The van der Waals surface area contributed by atoms with E-state index in [1.807, 2.05) is 0 Å². The van der Waals surface area contributed by atoms with Gasteiger partial charge in [-0.05, 0) is 49.1 Å². The van der Waals surface area contributed by atoms with Crippen molar-refractivity contribution < 1.29 is 22.7 Å². The molecule has 8 heteroatoms. The Balaban J connectivity index is 1.56. The quantitative estimate of drug-likeness (QED) is 0.712. The van der Waals surface area contributed by atoms with E-state index in [1.165, 1.54) is 11.4 Å². The van der Waals surface area contributed by atoms with Gasteiger partial charge in [-0.2, -0.15) is 4.31 Å². The zero-order valence-corrected chi connectivity index (χ0v) is 17.5. The van der Waals surface area contributed by atoms with E-state index in [2.05, 4.69) is 5.32 Å². The minimum absolute atomic E-state index is 0.133. The molecule has 0 spiro atoms. The van der Waals surface area contributed by atoms with Crippen LogP contribution in [-0.4, -0.2) is 45.9 Å². The fourth-order valence-corrected chi connectivity index (χ4v) is 4.82. The zero-order valence-electron chi connectivity index (χ0n) is 16.7. The minimum atomic E-state index is -3.41. The van der Waals surface area contributed by atoms with Crippen LogP contribution in [0.1, 0.15) is 24.8 Å². The Hall–Kier alpha value is -2.58. The Kier molecular flexibility index (Phi) is 6.76. The van der Waals surface area contributed by atoms with Gasteiger partial charge in [-0.3, -0.25) is 4.79 Å². The lowest BCUT2D eigenvalue weighted by molar-refractivity contribution is -0.116. The van der Waals surface area contributed by atoms with Crippen LogP contribution in [0.3, 0.4) is 0 Å². The van der Waals surface area contributed by atoms with Crippen molar-refractivity contribution in [2.24, 2.45) is 0 Å². The van der Waals surface area contributed by atoms with Crippen LogP contribution >= 0.6 is 0 Å². The van der Waals surface area contributed by atoms with Gasteiger partial charge in [0.25, 0.3) is 0 Å². The van der Waals surface area contributed by atoms with Crippen LogP contribution in [0.2, 0.25) is 0 Å². The first-order chi connectivity index (χ1) is 13.9. The van der Waals surface area contributed by atoms with Crippen molar-refractivity contribution in [2.75, 3.05) is 32.6 Å². The molecule has 1 aliphatic rings. The normalized spacial score (nSPS) is 14.6. The molecule has 29 heavy (non-hydrogen) atoms. The Labute approximate surface area is 171 Å². The van der Waals surface area contributed by atoms with Gasteiger partial charge in [0.05, 0.1) is 19.1 Å². The van der Waals surface area contributed by atoms with Crippen molar-refractivity contribution in [1.29, 1.82) is 0 Å². The number of amides is 1. The molecular weight excluding hydrogens is 392 g/mol. The van der Waals surface area contributed by atoms with Gasteiger partial charge in [0.15, 0.2) is 11.5 Å². The topological polar surface area (TPSA) is 84.9 Å². The fourth-order valence-electron chi connectivity index (χ4n) is 3.30. The van der Waals surface area contributed by atoms with Crippen LogP contribution in [0.15, 0.2) is 47.4 Å². The summed E-state index contributed by atoms with van der Waals surface area (Å²) in [5, 5.41) is 2.83. The number of anilines is 1. The molecule has 0 bridgehead atoms. The second kappa shape index (κ2) is 9.28. The number of aryl methyl sites for hydroxylation is 1. The molecule has 0 aromatic heterocycles. The first-order valence-corrected chi connectivity index (χ1v) is 11.0. The molecule has 1 heterocycles. The average Bonchev–Trinajstić information content (AvgIpc) is 3.28. The molecule has 1 fully saturated rings. The number of carbonyl (C=O) groups is 1. The summed E-state index contributed by atoms with van der Waals surface area (Å²) in [4.78, 5) is 12.6. The van der Waals surface area contributed by atoms with E-state index in [-0.39, 0.29) is 12.3 Å². The largest absolute Gasteiger partial charge is 0.493 e. The smallest absolute Gasteiger partial charge is 0.243 e. The highest BCUT2D eigenvalue weighted by Gasteiger charge is 2.26. The molecule has 1 N–H and O–H groups in total. The first kappa shape index (κ1) is 21.1. The van der Waals surface area contributed by atoms with Gasteiger partial charge in [-0.15, -0.1) is 0 Å². The lowest BCUT2D eigenvalue weighted by Gasteiger charge is -2.15. The summed E-state index contributed by atoms with van der Waals surface area (Å²) in [6.45, 7) is 1.17. The number of sulfonamides is 1. The zero-order chi connectivity index (χ0) is 20.9. The highest BCUT2D eigenvalue weighted by atomic mass is 32.2. The lowest BCUT2D eigenvalue weighted by atomic mass is 10.1. The number of ether oxygens (including phenoxy) is 2. The van der Waals surface area contributed by atoms with E-state index in [9.17, 15) is 13.2 Å². The van der Waals surface area contributed by atoms with Crippen molar-refractivity contribution in [3.63, 3.8) is 0 Å². The van der Waals surface area contributed by atoms with Crippen LogP contribution < -0.4 is 14.8 Å².